The maximum absolute atomic E-state index is 4.37. The summed E-state index contributed by atoms with van der Waals surface area (Å²) < 4.78 is 5.98. The van der Waals surface area contributed by atoms with Crippen LogP contribution >= 0.6 is 11.5 Å². The fourth-order valence-corrected chi connectivity index (χ4v) is 2.16. The second-order valence-corrected chi connectivity index (χ2v) is 3.93. The van der Waals surface area contributed by atoms with Crippen LogP contribution in [0.15, 0.2) is 18.6 Å². The van der Waals surface area contributed by atoms with Crippen molar-refractivity contribution in [2.75, 3.05) is 7.05 Å². The number of aryl methyl sites for hydroxylation is 1. The van der Waals surface area contributed by atoms with E-state index in [9.17, 15) is 0 Å². The molecule has 0 aliphatic heterocycles. The van der Waals surface area contributed by atoms with E-state index in [1.54, 1.807) is 6.20 Å². The van der Waals surface area contributed by atoms with Crippen molar-refractivity contribution >= 4 is 11.5 Å². The molecule has 80 valence electrons. The van der Waals surface area contributed by atoms with Gasteiger partial charge < -0.3 is 9.88 Å². The zero-order valence-electron chi connectivity index (χ0n) is 8.71. The smallest absolute Gasteiger partial charge is 0.131 e. The lowest BCUT2D eigenvalue weighted by atomic mass is 10.2. The molecule has 2 aromatic rings. The zero-order chi connectivity index (χ0) is 10.7. The molecule has 6 heteroatoms. The fraction of sp³-hybridized carbons (Fsp3) is 0.444. The van der Waals surface area contributed by atoms with Crippen molar-refractivity contribution in [3.8, 4) is 0 Å². The number of hydrogen-bond donors (Lipinski definition) is 1. The molecular weight excluding hydrogens is 210 g/mol. The molecule has 0 fully saturated rings. The van der Waals surface area contributed by atoms with E-state index in [2.05, 4.69) is 31.4 Å². The van der Waals surface area contributed by atoms with Crippen molar-refractivity contribution in [2.24, 2.45) is 0 Å². The standard InChI is InChI=1S/C9H13N5S/c1-3-14-5-4-11-9(14)8(10-2)7-6-12-13-15-7/h4-6,8,10H,3H2,1-2H3. The predicted molar refractivity (Wildman–Crippen MR) is 58.7 cm³/mol. The third kappa shape index (κ3) is 1.91. The maximum atomic E-state index is 4.37. The van der Waals surface area contributed by atoms with Gasteiger partial charge in [-0.15, -0.1) is 5.10 Å². The van der Waals surface area contributed by atoms with Gasteiger partial charge in [-0.1, -0.05) is 4.49 Å². The van der Waals surface area contributed by atoms with Crippen molar-refractivity contribution in [1.82, 2.24) is 24.5 Å². The molecule has 0 radical (unpaired) electrons. The molecule has 15 heavy (non-hydrogen) atoms. The maximum Gasteiger partial charge on any atom is 0.131 e. The Kier molecular flexibility index (Phi) is 3.08. The molecule has 1 atom stereocenters. The van der Waals surface area contributed by atoms with Gasteiger partial charge in [0, 0.05) is 18.9 Å². The van der Waals surface area contributed by atoms with Gasteiger partial charge in [0.2, 0.25) is 0 Å². The van der Waals surface area contributed by atoms with E-state index in [0.29, 0.717) is 0 Å². The third-order valence-corrected chi connectivity index (χ3v) is 3.03. The van der Waals surface area contributed by atoms with Gasteiger partial charge in [0.1, 0.15) is 11.9 Å². The Hall–Kier alpha value is -1.27. The van der Waals surface area contributed by atoms with Crippen LogP contribution in [0, 0.1) is 0 Å². The van der Waals surface area contributed by atoms with E-state index >= 15 is 0 Å². The minimum Gasteiger partial charge on any atom is -0.334 e. The van der Waals surface area contributed by atoms with Crippen LogP contribution in [-0.2, 0) is 6.54 Å². The normalized spacial score (nSPS) is 12.9. The highest BCUT2D eigenvalue weighted by Gasteiger charge is 2.18. The van der Waals surface area contributed by atoms with Gasteiger partial charge in [-0.2, -0.15) is 0 Å². The summed E-state index contributed by atoms with van der Waals surface area (Å²) >= 11 is 1.40. The Morgan fingerprint density at radius 1 is 1.60 bits per heavy atom. The Morgan fingerprint density at radius 2 is 2.47 bits per heavy atom. The Balaban J connectivity index is 2.35. The molecule has 0 aliphatic rings. The van der Waals surface area contributed by atoms with Crippen LogP contribution in [0.4, 0.5) is 0 Å². The minimum atomic E-state index is 0.0833. The highest BCUT2D eigenvalue weighted by Crippen LogP contribution is 2.21. The van der Waals surface area contributed by atoms with Gasteiger partial charge in [0.25, 0.3) is 0 Å². The molecule has 0 saturated carbocycles. The van der Waals surface area contributed by atoms with Crippen LogP contribution < -0.4 is 5.32 Å². The molecule has 0 saturated heterocycles. The van der Waals surface area contributed by atoms with E-state index in [-0.39, 0.29) is 6.04 Å². The van der Waals surface area contributed by atoms with Gasteiger partial charge in [0.05, 0.1) is 11.1 Å². The summed E-state index contributed by atoms with van der Waals surface area (Å²) in [5.74, 6) is 1.01. The van der Waals surface area contributed by atoms with E-state index in [1.807, 2.05) is 19.4 Å². The summed E-state index contributed by atoms with van der Waals surface area (Å²) in [6.45, 7) is 3.02. The number of nitrogens with zero attached hydrogens (tertiary/aromatic N) is 4. The quantitative estimate of drug-likeness (QED) is 0.842. The molecule has 0 aromatic carbocycles. The summed E-state index contributed by atoms with van der Waals surface area (Å²) in [4.78, 5) is 5.45. The minimum absolute atomic E-state index is 0.0833. The molecule has 0 amide bonds. The summed E-state index contributed by atoms with van der Waals surface area (Å²) in [7, 11) is 1.92. The first kappa shape index (κ1) is 10.3. The first-order valence-electron chi connectivity index (χ1n) is 4.82. The summed E-state index contributed by atoms with van der Waals surface area (Å²) in [6, 6.07) is 0.0833. The van der Waals surface area contributed by atoms with Crippen molar-refractivity contribution in [1.29, 1.82) is 0 Å². The zero-order valence-corrected chi connectivity index (χ0v) is 9.53. The molecule has 0 aliphatic carbocycles. The monoisotopic (exact) mass is 223 g/mol. The summed E-state index contributed by atoms with van der Waals surface area (Å²) in [6.07, 6.45) is 5.58. The van der Waals surface area contributed by atoms with E-state index in [4.69, 9.17) is 0 Å². The molecule has 2 rings (SSSR count). The highest BCUT2D eigenvalue weighted by molar-refractivity contribution is 7.05. The molecule has 1 unspecified atom stereocenters. The first-order chi connectivity index (χ1) is 7.36. The third-order valence-electron chi connectivity index (χ3n) is 2.30. The lowest BCUT2D eigenvalue weighted by molar-refractivity contribution is 0.596. The van der Waals surface area contributed by atoms with E-state index in [1.165, 1.54) is 11.5 Å². The second kappa shape index (κ2) is 4.50. The van der Waals surface area contributed by atoms with Gasteiger partial charge >= 0.3 is 0 Å². The van der Waals surface area contributed by atoms with E-state index < -0.39 is 0 Å². The molecule has 0 spiro atoms. The van der Waals surface area contributed by atoms with Crippen molar-refractivity contribution in [2.45, 2.75) is 19.5 Å². The van der Waals surface area contributed by atoms with Crippen molar-refractivity contribution in [3.63, 3.8) is 0 Å². The molecule has 2 heterocycles. The van der Waals surface area contributed by atoms with Crippen LogP contribution in [0.5, 0.6) is 0 Å². The van der Waals surface area contributed by atoms with Crippen LogP contribution in [0.2, 0.25) is 0 Å². The SMILES string of the molecule is CCn1ccnc1C(NC)c1cnns1. The average molecular weight is 223 g/mol. The number of aromatic nitrogens is 4. The molecule has 1 N–H and O–H groups in total. The lowest BCUT2D eigenvalue weighted by Gasteiger charge is -2.14. The highest BCUT2D eigenvalue weighted by atomic mass is 32.1. The van der Waals surface area contributed by atoms with Gasteiger partial charge in [-0.25, -0.2) is 4.98 Å². The van der Waals surface area contributed by atoms with Crippen LogP contribution in [0.25, 0.3) is 0 Å². The van der Waals surface area contributed by atoms with Crippen LogP contribution in [-0.4, -0.2) is 26.2 Å². The van der Waals surface area contributed by atoms with Crippen molar-refractivity contribution in [3.05, 3.63) is 29.3 Å². The van der Waals surface area contributed by atoms with E-state index in [0.717, 1.165) is 17.2 Å². The van der Waals surface area contributed by atoms with Gasteiger partial charge in [0.15, 0.2) is 0 Å². The predicted octanol–water partition coefficient (Wildman–Crippen LogP) is 1.06. The Morgan fingerprint density at radius 3 is 3.07 bits per heavy atom. The number of imidazole rings is 1. The van der Waals surface area contributed by atoms with Gasteiger partial charge in [-0.05, 0) is 25.5 Å². The summed E-state index contributed by atoms with van der Waals surface area (Å²) in [5.41, 5.74) is 0. The molecule has 2 aromatic heterocycles. The second-order valence-electron chi connectivity index (χ2n) is 3.11. The lowest BCUT2D eigenvalue weighted by Crippen LogP contribution is -2.20. The number of hydrogen-bond acceptors (Lipinski definition) is 5. The van der Waals surface area contributed by atoms with Crippen molar-refractivity contribution < 1.29 is 0 Å². The average Bonchev–Trinajstić information content (AvgIpc) is 2.89. The molecule has 5 nitrogen and oxygen atoms in total. The topological polar surface area (TPSA) is 55.6 Å². The van der Waals surface area contributed by atoms with Gasteiger partial charge in [-0.3, -0.25) is 0 Å². The molecular formula is C9H13N5S. The Bertz CT molecular complexity index is 408. The first-order valence-corrected chi connectivity index (χ1v) is 5.59. The fourth-order valence-electron chi connectivity index (χ4n) is 1.55. The Labute approximate surface area is 92.3 Å². The number of rotatable bonds is 4. The molecule has 0 bridgehead atoms. The number of nitrogens with one attached hydrogen (secondary N) is 1. The van der Waals surface area contributed by atoms with Crippen LogP contribution in [0.1, 0.15) is 23.7 Å². The largest absolute Gasteiger partial charge is 0.334 e. The van der Waals surface area contributed by atoms with Crippen LogP contribution in [0.3, 0.4) is 0 Å². The summed E-state index contributed by atoms with van der Waals surface area (Å²) in [5, 5.41) is 7.08.